The van der Waals surface area contributed by atoms with Gasteiger partial charge >= 0.3 is 0 Å². The van der Waals surface area contributed by atoms with Gasteiger partial charge in [0.05, 0.1) is 17.3 Å². The van der Waals surface area contributed by atoms with Crippen LogP contribution in [0.5, 0.6) is 0 Å². The summed E-state index contributed by atoms with van der Waals surface area (Å²) in [5.41, 5.74) is 3.32. The van der Waals surface area contributed by atoms with Crippen LogP contribution in [0.2, 0.25) is 0 Å². The number of aliphatic hydroxyl groups excluding tert-OH is 1. The molecule has 2 aromatic carbocycles. The molecule has 0 unspecified atom stereocenters. The predicted octanol–water partition coefficient (Wildman–Crippen LogP) is 3.45. The van der Waals surface area contributed by atoms with E-state index in [9.17, 15) is 9.90 Å². The van der Waals surface area contributed by atoms with Crippen molar-refractivity contribution in [2.24, 2.45) is 0 Å². The molecule has 0 bridgehead atoms. The first kappa shape index (κ1) is 16.5. The quantitative estimate of drug-likeness (QED) is 0.762. The number of rotatable bonds is 3. The van der Waals surface area contributed by atoms with Crippen LogP contribution >= 0.6 is 0 Å². The molecule has 26 heavy (non-hydrogen) atoms. The molecule has 5 nitrogen and oxygen atoms in total. The fourth-order valence-electron chi connectivity index (χ4n) is 3.35. The lowest BCUT2D eigenvalue weighted by Crippen LogP contribution is -2.35. The number of pyridine rings is 1. The van der Waals surface area contributed by atoms with Crippen molar-refractivity contribution in [3.63, 3.8) is 0 Å². The van der Waals surface area contributed by atoms with Gasteiger partial charge < -0.3 is 15.3 Å². The van der Waals surface area contributed by atoms with Crippen LogP contribution in [-0.2, 0) is 0 Å². The number of aromatic nitrogens is 1. The third-order valence-electron chi connectivity index (χ3n) is 4.85. The second-order valence-corrected chi connectivity index (χ2v) is 6.59. The molecule has 4 rings (SSSR count). The molecule has 3 aromatic rings. The lowest BCUT2D eigenvalue weighted by atomic mass is 10.1. The Hall–Kier alpha value is -2.92. The molecule has 2 N–H and O–H groups in total. The van der Waals surface area contributed by atoms with E-state index in [1.54, 1.807) is 6.20 Å². The van der Waals surface area contributed by atoms with Crippen molar-refractivity contribution in [1.82, 2.24) is 4.98 Å². The highest BCUT2D eigenvalue weighted by molar-refractivity contribution is 6.08. The number of carbonyl (C=O) groups excluding carboxylic acids is 1. The Morgan fingerprint density at radius 2 is 1.81 bits per heavy atom. The minimum Gasteiger partial charge on any atom is -0.393 e. The van der Waals surface area contributed by atoms with Crippen LogP contribution in [-0.4, -0.2) is 35.2 Å². The lowest BCUT2D eigenvalue weighted by Gasteiger charge is -2.31. The van der Waals surface area contributed by atoms with Crippen molar-refractivity contribution in [1.29, 1.82) is 0 Å². The van der Waals surface area contributed by atoms with E-state index in [0.29, 0.717) is 5.56 Å². The van der Waals surface area contributed by atoms with E-state index in [1.165, 1.54) is 0 Å². The molecule has 1 aliphatic heterocycles. The maximum absolute atomic E-state index is 12.6. The number of aliphatic hydroxyl groups is 1. The average molecular weight is 347 g/mol. The van der Waals surface area contributed by atoms with E-state index in [0.717, 1.165) is 48.2 Å². The number of nitrogens with zero attached hydrogens (tertiary/aromatic N) is 2. The summed E-state index contributed by atoms with van der Waals surface area (Å²) in [6.45, 7) is 1.69. The first-order valence-corrected chi connectivity index (χ1v) is 8.89. The van der Waals surface area contributed by atoms with Crippen LogP contribution in [0.4, 0.5) is 11.4 Å². The van der Waals surface area contributed by atoms with Gasteiger partial charge in [-0.15, -0.1) is 0 Å². The van der Waals surface area contributed by atoms with Gasteiger partial charge in [0.2, 0.25) is 0 Å². The summed E-state index contributed by atoms with van der Waals surface area (Å²) < 4.78 is 0. The van der Waals surface area contributed by atoms with E-state index in [1.807, 2.05) is 54.6 Å². The summed E-state index contributed by atoms with van der Waals surface area (Å²) >= 11 is 0. The highest BCUT2D eigenvalue weighted by atomic mass is 16.3. The maximum Gasteiger partial charge on any atom is 0.255 e. The molecule has 0 radical (unpaired) electrons. The van der Waals surface area contributed by atoms with E-state index >= 15 is 0 Å². The standard InChI is InChI=1S/C21H21N3O2/c25-17-10-13-24(14-11-17)16-8-6-15(7-9-16)21(26)23-20-5-1-4-19-18(20)3-2-12-22-19/h1-9,12,17,25H,10-11,13-14H2,(H,23,26). The van der Waals surface area contributed by atoms with Gasteiger partial charge in [-0.25, -0.2) is 0 Å². The van der Waals surface area contributed by atoms with E-state index in [2.05, 4.69) is 15.2 Å². The molecule has 132 valence electrons. The number of anilines is 2. The largest absolute Gasteiger partial charge is 0.393 e. The smallest absolute Gasteiger partial charge is 0.255 e. The van der Waals surface area contributed by atoms with Crippen LogP contribution in [0.3, 0.4) is 0 Å². The molecule has 0 saturated carbocycles. The number of hydrogen-bond donors (Lipinski definition) is 2. The summed E-state index contributed by atoms with van der Waals surface area (Å²) in [6, 6.07) is 17.1. The van der Waals surface area contributed by atoms with E-state index in [-0.39, 0.29) is 12.0 Å². The van der Waals surface area contributed by atoms with Crippen LogP contribution in [0, 0.1) is 0 Å². The predicted molar refractivity (Wildman–Crippen MR) is 104 cm³/mol. The Morgan fingerprint density at radius 3 is 2.58 bits per heavy atom. The Morgan fingerprint density at radius 1 is 1.04 bits per heavy atom. The number of hydrogen-bond acceptors (Lipinski definition) is 4. The second kappa shape index (κ2) is 7.14. The molecule has 2 heterocycles. The van der Waals surface area contributed by atoms with E-state index < -0.39 is 0 Å². The zero-order chi connectivity index (χ0) is 17.9. The molecule has 1 amide bonds. The minimum atomic E-state index is -0.188. The van der Waals surface area contributed by atoms with Crippen LogP contribution in [0.15, 0.2) is 60.8 Å². The van der Waals surface area contributed by atoms with Crippen molar-refractivity contribution in [2.75, 3.05) is 23.3 Å². The number of nitrogens with one attached hydrogen (secondary N) is 1. The van der Waals surface area contributed by atoms with Gasteiger partial charge in [-0.2, -0.15) is 0 Å². The third kappa shape index (κ3) is 3.39. The zero-order valence-electron chi connectivity index (χ0n) is 14.4. The highest BCUT2D eigenvalue weighted by Gasteiger charge is 2.17. The fourth-order valence-corrected chi connectivity index (χ4v) is 3.35. The summed E-state index contributed by atoms with van der Waals surface area (Å²) in [7, 11) is 0. The second-order valence-electron chi connectivity index (χ2n) is 6.59. The molecular weight excluding hydrogens is 326 g/mol. The number of piperidine rings is 1. The monoisotopic (exact) mass is 347 g/mol. The van der Waals surface area contributed by atoms with Gasteiger partial charge in [0.25, 0.3) is 5.91 Å². The van der Waals surface area contributed by atoms with Gasteiger partial charge in [-0.1, -0.05) is 6.07 Å². The van der Waals surface area contributed by atoms with Crippen molar-refractivity contribution in [3.05, 3.63) is 66.4 Å². The molecule has 1 fully saturated rings. The Labute approximate surface area is 152 Å². The molecule has 1 aliphatic rings. The zero-order valence-corrected chi connectivity index (χ0v) is 14.4. The Bertz CT molecular complexity index is 911. The summed E-state index contributed by atoms with van der Waals surface area (Å²) in [5, 5.41) is 13.5. The van der Waals surface area contributed by atoms with Crippen LogP contribution in [0.1, 0.15) is 23.2 Å². The molecular formula is C21H21N3O2. The van der Waals surface area contributed by atoms with Crippen molar-refractivity contribution >= 4 is 28.2 Å². The molecule has 1 saturated heterocycles. The summed E-state index contributed by atoms with van der Waals surface area (Å²) in [4.78, 5) is 19.2. The van der Waals surface area contributed by atoms with Crippen LogP contribution < -0.4 is 10.2 Å². The maximum atomic E-state index is 12.6. The summed E-state index contributed by atoms with van der Waals surface area (Å²) in [6.07, 6.45) is 3.13. The van der Waals surface area contributed by atoms with Crippen molar-refractivity contribution < 1.29 is 9.90 Å². The molecule has 1 aromatic heterocycles. The molecule has 0 spiro atoms. The molecule has 0 aliphatic carbocycles. The van der Waals surface area contributed by atoms with Gasteiger partial charge in [-0.3, -0.25) is 9.78 Å². The van der Waals surface area contributed by atoms with Crippen molar-refractivity contribution in [3.8, 4) is 0 Å². The van der Waals surface area contributed by atoms with Gasteiger partial charge in [0.15, 0.2) is 0 Å². The minimum absolute atomic E-state index is 0.137. The van der Waals surface area contributed by atoms with Gasteiger partial charge in [0, 0.05) is 35.9 Å². The summed E-state index contributed by atoms with van der Waals surface area (Å²) in [5.74, 6) is -0.137. The first-order chi connectivity index (χ1) is 12.7. The Kier molecular flexibility index (Phi) is 4.54. The molecule has 5 heteroatoms. The topological polar surface area (TPSA) is 65.5 Å². The normalized spacial score (nSPS) is 15.2. The van der Waals surface area contributed by atoms with Gasteiger partial charge in [-0.05, 0) is 61.4 Å². The average Bonchev–Trinajstić information content (AvgIpc) is 2.69. The molecule has 0 atom stereocenters. The first-order valence-electron chi connectivity index (χ1n) is 8.89. The number of carbonyl (C=O) groups is 1. The number of amides is 1. The van der Waals surface area contributed by atoms with Crippen molar-refractivity contribution in [2.45, 2.75) is 18.9 Å². The van der Waals surface area contributed by atoms with E-state index in [4.69, 9.17) is 0 Å². The number of fused-ring (bicyclic) bond motifs is 1. The highest BCUT2D eigenvalue weighted by Crippen LogP contribution is 2.23. The third-order valence-corrected chi connectivity index (χ3v) is 4.85. The Balaban J connectivity index is 1.50. The number of benzene rings is 2. The fraction of sp³-hybridized carbons (Fsp3) is 0.238. The van der Waals surface area contributed by atoms with Gasteiger partial charge in [0.1, 0.15) is 0 Å². The SMILES string of the molecule is O=C(Nc1cccc2ncccc12)c1ccc(N2CCC(O)CC2)cc1. The van der Waals surface area contributed by atoms with Crippen LogP contribution in [0.25, 0.3) is 10.9 Å². The lowest BCUT2D eigenvalue weighted by molar-refractivity contribution is 0.102.